The Bertz CT molecular complexity index is 1240. The molecule has 0 N–H and O–H groups in total. The number of benzene rings is 3. The molecule has 0 radical (unpaired) electrons. The lowest BCUT2D eigenvalue weighted by molar-refractivity contribution is -0.134. The summed E-state index contributed by atoms with van der Waals surface area (Å²) in [6.07, 6.45) is 0.632. The van der Waals surface area contributed by atoms with Gasteiger partial charge < -0.3 is 0 Å². The Morgan fingerprint density at radius 1 is 0.848 bits per heavy atom. The Morgan fingerprint density at radius 2 is 1.33 bits per heavy atom. The molecule has 0 unspecified atom stereocenters. The topological polar surface area (TPSA) is 37.4 Å². The van der Waals surface area contributed by atoms with E-state index in [4.69, 9.17) is 0 Å². The lowest BCUT2D eigenvalue weighted by Gasteiger charge is -2.60. The summed E-state index contributed by atoms with van der Waals surface area (Å²) in [6, 6.07) is 27.1. The maximum atomic E-state index is 13.9. The molecule has 4 aliphatic rings. The number of carbonyl (C=O) groups excluding carboxylic acids is 2. The summed E-state index contributed by atoms with van der Waals surface area (Å²) in [7, 11) is 0. The van der Waals surface area contributed by atoms with E-state index in [2.05, 4.69) is 62.4 Å². The van der Waals surface area contributed by atoms with Gasteiger partial charge in [0.15, 0.2) is 0 Å². The van der Waals surface area contributed by atoms with E-state index in [1.165, 1.54) is 34.0 Å². The summed E-state index contributed by atoms with van der Waals surface area (Å²) in [5, 5.41) is -0.111. The third-order valence-electron chi connectivity index (χ3n) is 8.29. The Hall–Kier alpha value is -2.85. The van der Waals surface area contributed by atoms with Crippen molar-refractivity contribution in [2.24, 2.45) is 5.92 Å². The summed E-state index contributed by atoms with van der Waals surface area (Å²) in [5.74, 6) is -0.325. The van der Waals surface area contributed by atoms with E-state index in [9.17, 15) is 9.59 Å². The molecule has 1 fully saturated rings. The van der Waals surface area contributed by atoms with Crippen molar-refractivity contribution in [3.05, 3.63) is 107 Å². The highest BCUT2D eigenvalue weighted by Gasteiger charge is 2.68. The fourth-order valence-corrected chi connectivity index (χ4v) is 8.23. The quantitative estimate of drug-likeness (QED) is 0.493. The molecule has 1 aliphatic heterocycles. The Labute approximate surface area is 199 Å². The average Bonchev–Trinajstić information content (AvgIpc) is 3.21. The summed E-state index contributed by atoms with van der Waals surface area (Å²) >= 11 is 1.36. The summed E-state index contributed by atoms with van der Waals surface area (Å²) in [4.78, 5) is 29.0. The largest absolute Gasteiger partial charge is 0.288 e. The molecule has 3 aliphatic carbocycles. The summed E-state index contributed by atoms with van der Waals surface area (Å²) < 4.78 is 0. The van der Waals surface area contributed by atoms with Gasteiger partial charge >= 0.3 is 0 Å². The fourth-order valence-electron chi connectivity index (χ4n) is 6.69. The molecule has 4 heteroatoms. The van der Waals surface area contributed by atoms with E-state index in [0.29, 0.717) is 6.42 Å². The second-order valence-electron chi connectivity index (χ2n) is 10.0. The molecule has 3 atom stereocenters. The maximum Gasteiger partial charge on any atom is 0.288 e. The SMILES string of the molecule is C[C@@H](Cc1ccccc1)C(=O)N1C(=O)S[C@@H]2[C@H]1C1(C)c3ccccc3C2(C)c2ccccc21. The first-order valence-electron chi connectivity index (χ1n) is 11.7. The molecule has 3 aromatic rings. The van der Waals surface area contributed by atoms with Gasteiger partial charge in [-0.1, -0.05) is 104 Å². The molecule has 2 bridgehead atoms. The van der Waals surface area contributed by atoms with Crippen molar-refractivity contribution < 1.29 is 9.59 Å². The first-order chi connectivity index (χ1) is 15.9. The zero-order chi connectivity index (χ0) is 23.0. The molecular formula is C29H27NO2S. The second-order valence-corrected chi connectivity index (χ2v) is 11.1. The van der Waals surface area contributed by atoms with Crippen molar-refractivity contribution in [3.8, 4) is 0 Å². The number of hydrogen-bond acceptors (Lipinski definition) is 3. The number of imide groups is 1. The zero-order valence-corrected chi connectivity index (χ0v) is 19.9. The minimum atomic E-state index is -0.434. The molecule has 0 spiro atoms. The van der Waals surface area contributed by atoms with Crippen LogP contribution in [0.5, 0.6) is 0 Å². The van der Waals surface area contributed by atoms with Gasteiger partial charge in [-0.3, -0.25) is 14.5 Å². The molecule has 1 saturated heterocycles. The molecule has 0 saturated carbocycles. The Kier molecular flexibility index (Phi) is 4.44. The summed E-state index contributed by atoms with van der Waals surface area (Å²) in [5.41, 5.74) is 5.43. The number of amides is 2. The van der Waals surface area contributed by atoms with Crippen LogP contribution in [0.3, 0.4) is 0 Å². The molecule has 3 nitrogen and oxygen atoms in total. The van der Waals surface area contributed by atoms with Gasteiger partial charge in [0.1, 0.15) is 0 Å². The van der Waals surface area contributed by atoms with Gasteiger partial charge in [0.05, 0.1) is 6.04 Å². The lowest BCUT2D eigenvalue weighted by Crippen LogP contribution is -2.66. The summed E-state index contributed by atoms with van der Waals surface area (Å²) in [6.45, 7) is 6.46. The molecule has 166 valence electrons. The van der Waals surface area contributed by atoms with Crippen LogP contribution in [0.15, 0.2) is 78.9 Å². The van der Waals surface area contributed by atoms with Crippen molar-refractivity contribution >= 4 is 22.9 Å². The number of rotatable bonds is 3. The van der Waals surface area contributed by atoms with Crippen LogP contribution in [0.4, 0.5) is 4.79 Å². The van der Waals surface area contributed by atoms with Crippen molar-refractivity contribution in [3.63, 3.8) is 0 Å². The van der Waals surface area contributed by atoms with Crippen LogP contribution in [-0.4, -0.2) is 27.3 Å². The molecule has 7 rings (SSSR count). The van der Waals surface area contributed by atoms with E-state index >= 15 is 0 Å². The van der Waals surface area contributed by atoms with Crippen LogP contribution in [0, 0.1) is 5.92 Å². The number of hydrogen-bond donors (Lipinski definition) is 0. The molecule has 2 amide bonds. The minimum absolute atomic E-state index is 0.00678. The average molecular weight is 454 g/mol. The first kappa shape index (κ1) is 20.7. The van der Waals surface area contributed by atoms with Gasteiger partial charge in [0.25, 0.3) is 5.24 Å². The number of thioether (sulfide) groups is 1. The third-order valence-corrected chi connectivity index (χ3v) is 9.67. The minimum Gasteiger partial charge on any atom is -0.274 e. The normalized spacial score (nSPS) is 29.9. The molecular weight excluding hydrogens is 426 g/mol. The standard InChI is InChI=1S/C29H27NO2S/c1-18(17-19-11-5-4-6-12-19)26(31)30-24-25(33-27(30)32)29(3)22-15-9-7-13-20(22)28(24,2)21-14-8-10-16-23(21)29/h4-16,18,24-25H,17H2,1-3H3/t18-,24-,25+,28?,29?/m0/s1. The first-order valence-corrected chi connectivity index (χ1v) is 12.5. The number of nitrogens with zero attached hydrogens (tertiary/aromatic N) is 1. The van der Waals surface area contributed by atoms with Gasteiger partial charge in [-0.2, -0.15) is 0 Å². The van der Waals surface area contributed by atoms with E-state index < -0.39 is 5.41 Å². The molecule has 0 aromatic heterocycles. The van der Waals surface area contributed by atoms with Crippen LogP contribution in [0.2, 0.25) is 0 Å². The number of carbonyl (C=O) groups is 2. The lowest BCUT2D eigenvalue weighted by atomic mass is 9.47. The smallest absolute Gasteiger partial charge is 0.274 e. The van der Waals surface area contributed by atoms with Crippen LogP contribution in [-0.2, 0) is 22.0 Å². The van der Waals surface area contributed by atoms with Crippen molar-refractivity contribution in [1.29, 1.82) is 0 Å². The predicted molar refractivity (Wildman–Crippen MR) is 133 cm³/mol. The second kappa shape index (κ2) is 7.07. The van der Waals surface area contributed by atoms with Crippen molar-refractivity contribution in [2.45, 2.75) is 49.3 Å². The van der Waals surface area contributed by atoms with Gasteiger partial charge in [-0.15, -0.1) is 0 Å². The van der Waals surface area contributed by atoms with E-state index in [1.54, 1.807) is 4.90 Å². The molecule has 33 heavy (non-hydrogen) atoms. The van der Waals surface area contributed by atoms with E-state index in [1.807, 2.05) is 37.3 Å². The maximum absolute atomic E-state index is 13.9. The zero-order valence-electron chi connectivity index (χ0n) is 19.1. The molecule has 3 aromatic carbocycles. The highest BCUT2D eigenvalue weighted by atomic mass is 32.2. The van der Waals surface area contributed by atoms with Crippen LogP contribution < -0.4 is 0 Å². The van der Waals surface area contributed by atoms with Gasteiger partial charge in [0.2, 0.25) is 5.91 Å². The predicted octanol–water partition coefficient (Wildman–Crippen LogP) is 5.94. The van der Waals surface area contributed by atoms with Crippen molar-refractivity contribution in [1.82, 2.24) is 4.90 Å². The Morgan fingerprint density at radius 3 is 1.88 bits per heavy atom. The molecule has 1 heterocycles. The monoisotopic (exact) mass is 453 g/mol. The Balaban J connectivity index is 1.49. The van der Waals surface area contributed by atoms with Crippen LogP contribution >= 0.6 is 11.8 Å². The van der Waals surface area contributed by atoms with Gasteiger partial charge in [-0.25, -0.2) is 0 Å². The van der Waals surface area contributed by atoms with E-state index in [0.717, 1.165) is 5.56 Å². The van der Waals surface area contributed by atoms with Crippen LogP contribution in [0.1, 0.15) is 48.6 Å². The third kappa shape index (κ3) is 2.59. The highest BCUT2D eigenvalue weighted by molar-refractivity contribution is 8.14. The van der Waals surface area contributed by atoms with Crippen LogP contribution in [0.25, 0.3) is 0 Å². The van der Waals surface area contributed by atoms with Crippen molar-refractivity contribution in [2.75, 3.05) is 0 Å². The van der Waals surface area contributed by atoms with E-state index in [-0.39, 0.29) is 33.8 Å². The van der Waals surface area contributed by atoms with Gasteiger partial charge in [0, 0.05) is 22.0 Å². The highest BCUT2D eigenvalue weighted by Crippen LogP contribution is 2.65. The fraction of sp³-hybridized carbons (Fsp3) is 0.310. The van der Waals surface area contributed by atoms with Gasteiger partial charge in [-0.05, 0) is 41.2 Å².